The van der Waals surface area contributed by atoms with E-state index in [-0.39, 0.29) is 11.7 Å². The van der Waals surface area contributed by atoms with Crippen LogP contribution in [0.15, 0.2) is 24.3 Å². The Labute approximate surface area is 144 Å². The topological polar surface area (TPSA) is 32.8 Å². The molecule has 0 N–H and O–H groups in total. The van der Waals surface area contributed by atoms with E-state index >= 15 is 0 Å². The lowest BCUT2D eigenvalue weighted by molar-refractivity contribution is -0.135. The molecule has 2 unspecified atom stereocenters. The molecule has 1 aliphatic heterocycles. The number of ether oxygens (including phenoxy) is 1. The number of carbonyl (C=O) groups is 1. The summed E-state index contributed by atoms with van der Waals surface area (Å²) in [5.74, 6) is -0.0821. The van der Waals surface area contributed by atoms with Crippen molar-refractivity contribution in [3.63, 3.8) is 0 Å². The van der Waals surface area contributed by atoms with E-state index in [1.165, 1.54) is 12.1 Å². The molecule has 4 nitrogen and oxygen atoms in total. The summed E-state index contributed by atoms with van der Waals surface area (Å²) in [5.41, 5.74) is 0.877. The van der Waals surface area contributed by atoms with Crippen molar-refractivity contribution in [2.24, 2.45) is 0 Å². The summed E-state index contributed by atoms with van der Waals surface area (Å²) in [5, 5.41) is 0. The Morgan fingerprint density at radius 3 is 2.62 bits per heavy atom. The summed E-state index contributed by atoms with van der Waals surface area (Å²) < 4.78 is 18.3. The van der Waals surface area contributed by atoms with E-state index in [0.29, 0.717) is 24.9 Å². The number of benzene rings is 1. The molecule has 1 saturated heterocycles. The molecule has 2 atom stereocenters. The minimum absolute atomic E-state index is 0.162. The van der Waals surface area contributed by atoms with Gasteiger partial charge in [0.25, 0.3) is 0 Å². The highest BCUT2D eigenvalue weighted by atomic mass is 19.1. The number of rotatable bonds is 7. The molecule has 0 aliphatic carbocycles. The monoisotopic (exact) mass is 336 g/mol. The van der Waals surface area contributed by atoms with Crippen LogP contribution in [0.3, 0.4) is 0 Å². The van der Waals surface area contributed by atoms with Crippen LogP contribution in [-0.4, -0.2) is 61.1 Å². The van der Waals surface area contributed by atoms with Gasteiger partial charge in [0.1, 0.15) is 5.82 Å². The first kappa shape index (κ1) is 18.9. The first-order valence-corrected chi connectivity index (χ1v) is 8.78. The molecule has 134 valence electrons. The van der Waals surface area contributed by atoms with Gasteiger partial charge in [0.15, 0.2) is 0 Å². The maximum absolute atomic E-state index is 13.2. The van der Waals surface area contributed by atoms with Crippen molar-refractivity contribution in [2.45, 2.75) is 45.2 Å². The van der Waals surface area contributed by atoms with Crippen LogP contribution in [-0.2, 0) is 16.0 Å². The number of nitrogens with zero attached hydrogens (tertiary/aromatic N) is 2. The molecule has 2 rings (SSSR count). The van der Waals surface area contributed by atoms with Crippen LogP contribution in [0.5, 0.6) is 0 Å². The van der Waals surface area contributed by atoms with Gasteiger partial charge < -0.3 is 9.64 Å². The van der Waals surface area contributed by atoms with E-state index in [4.69, 9.17) is 4.74 Å². The van der Waals surface area contributed by atoms with E-state index in [1.54, 1.807) is 13.2 Å². The van der Waals surface area contributed by atoms with Crippen LogP contribution in [0, 0.1) is 5.82 Å². The first-order valence-electron chi connectivity index (χ1n) is 8.78. The number of halogens is 1. The van der Waals surface area contributed by atoms with Gasteiger partial charge in [-0.15, -0.1) is 0 Å². The van der Waals surface area contributed by atoms with Crippen LogP contribution < -0.4 is 0 Å². The van der Waals surface area contributed by atoms with Gasteiger partial charge in [-0.1, -0.05) is 12.1 Å². The molecule has 1 heterocycles. The lowest BCUT2D eigenvalue weighted by atomic mass is 10.1. The molecule has 0 bridgehead atoms. The van der Waals surface area contributed by atoms with Crippen molar-refractivity contribution in [3.8, 4) is 0 Å². The molecule has 1 aromatic carbocycles. The predicted molar refractivity (Wildman–Crippen MR) is 93.4 cm³/mol. The van der Waals surface area contributed by atoms with Gasteiger partial charge in [0, 0.05) is 51.9 Å². The number of aryl methyl sites for hydroxylation is 1. The summed E-state index contributed by atoms with van der Waals surface area (Å²) in [6.45, 7) is 7.65. The van der Waals surface area contributed by atoms with Gasteiger partial charge in [0.2, 0.25) is 5.91 Å². The SMILES string of the molecule is COCCCN1C(C)CN(C(=O)CCc2cccc(F)c2)CC1C. The second-order valence-corrected chi connectivity index (χ2v) is 6.71. The van der Waals surface area contributed by atoms with Gasteiger partial charge in [-0.25, -0.2) is 4.39 Å². The molecule has 1 fully saturated rings. The fourth-order valence-electron chi connectivity index (χ4n) is 3.49. The average molecular weight is 336 g/mol. The molecule has 5 heteroatoms. The highest BCUT2D eigenvalue weighted by Gasteiger charge is 2.31. The van der Waals surface area contributed by atoms with E-state index in [2.05, 4.69) is 18.7 Å². The smallest absolute Gasteiger partial charge is 0.223 e. The highest BCUT2D eigenvalue weighted by Crippen LogP contribution is 2.17. The Kier molecular flexibility index (Phi) is 7.18. The number of hydrogen-bond donors (Lipinski definition) is 0. The van der Waals surface area contributed by atoms with E-state index in [1.807, 2.05) is 11.0 Å². The Balaban J connectivity index is 1.83. The average Bonchev–Trinajstić information content (AvgIpc) is 2.55. The summed E-state index contributed by atoms with van der Waals surface area (Å²) >= 11 is 0. The van der Waals surface area contributed by atoms with E-state index in [0.717, 1.165) is 38.2 Å². The molecule has 0 aromatic heterocycles. The number of hydrogen-bond acceptors (Lipinski definition) is 3. The van der Waals surface area contributed by atoms with Crippen molar-refractivity contribution < 1.29 is 13.9 Å². The summed E-state index contributed by atoms with van der Waals surface area (Å²) in [4.78, 5) is 16.9. The van der Waals surface area contributed by atoms with Gasteiger partial charge in [-0.3, -0.25) is 9.69 Å². The fraction of sp³-hybridized carbons (Fsp3) is 0.632. The third-order valence-corrected chi connectivity index (χ3v) is 4.74. The van der Waals surface area contributed by atoms with Gasteiger partial charge in [0.05, 0.1) is 0 Å². The lowest BCUT2D eigenvalue weighted by Gasteiger charge is -2.44. The summed E-state index contributed by atoms with van der Waals surface area (Å²) in [6, 6.07) is 7.20. The molecule has 1 aliphatic rings. The first-order chi connectivity index (χ1) is 11.5. The second kappa shape index (κ2) is 9.14. The second-order valence-electron chi connectivity index (χ2n) is 6.71. The van der Waals surface area contributed by atoms with Crippen molar-refractivity contribution in [2.75, 3.05) is 33.4 Å². The standard InChI is InChI=1S/C19H29FN2O2/c1-15-13-21(14-16(2)22(15)10-5-11-24-3)19(23)9-8-17-6-4-7-18(20)12-17/h4,6-7,12,15-16H,5,8-11,13-14H2,1-3H3. The fourth-order valence-corrected chi connectivity index (χ4v) is 3.49. The summed E-state index contributed by atoms with van der Waals surface area (Å²) in [7, 11) is 1.72. The Bertz CT molecular complexity index is 526. The molecular formula is C19H29FN2O2. The van der Waals surface area contributed by atoms with E-state index in [9.17, 15) is 9.18 Å². The largest absolute Gasteiger partial charge is 0.385 e. The quantitative estimate of drug-likeness (QED) is 0.718. The van der Waals surface area contributed by atoms with Crippen molar-refractivity contribution in [3.05, 3.63) is 35.6 Å². The number of carbonyl (C=O) groups excluding carboxylic acids is 1. The predicted octanol–water partition coefficient (Wildman–Crippen LogP) is 2.72. The highest BCUT2D eigenvalue weighted by molar-refractivity contribution is 5.76. The minimum Gasteiger partial charge on any atom is -0.385 e. The number of amides is 1. The van der Waals surface area contributed by atoms with Gasteiger partial charge in [-0.2, -0.15) is 0 Å². The number of piperazine rings is 1. The molecule has 1 amide bonds. The number of methoxy groups -OCH3 is 1. The maximum atomic E-state index is 13.2. The maximum Gasteiger partial charge on any atom is 0.223 e. The summed E-state index contributed by atoms with van der Waals surface area (Å²) in [6.07, 6.45) is 2.04. The Morgan fingerprint density at radius 2 is 2.00 bits per heavy atom. The zero-order valence-corrected chi connectivity index (χ0v) is 15.0. The molecule has 24 heavy (non-hydrogen) atoms. The van der Waals surface area contributed by atoms with Crippen molar-refractivity contribution >= 4 is 5.91 Å². The van der Waals surface area contributed by atoms with Crippen LogP contribution in [0.1, 0.15) is 32.3 Å². The third-order valence-electron chi connectivity index (χ3n) is 4.74. The van der Waals surface area contributed by atoms with Crippen LogP contribution in [0.4, 0.5) is 4.39 Å². The van der Waals surface area contributed by atoms with Crippen LogP contribution in [0.2, 0.25) is 0 Å². The molecule has 0 spiro atoms. The third kappa shape index (κ3) is 5.28. The van der Waals surface area contributed by atoms with Gasteiger partial charge in [-0.05, 0) is 44.4 Å². The Morgan fingerprint density at radius 1 is 1.29 bits per heavy atom. The molecular weight excluding hydrogens is 307 g/mol. The zero-order valence-electron chi connectivity index (χ0n) is 15.0. The minimum atomic E-state index is -0.244. The van der Waals surface area contributed by atoms with Gasteiger partial charge >= 0.3 is 0 Å². The molecule has 0 saturated carbocycles. The Hall–Kier alpha value is -1.46. The van der Waals surface area contributed by atoms with Crippen LogP contribution >= 0.6 is 0 Å². The molecule has 0 radical (unpaired) electrons. The van der Waals surface area contributed by atoms with Crippen molar-refractivity contribution in [1.29, 1.82) is 0 Å². The molecule has 1 aromatic rings. The zero-order chi connectivity index (χ0) is 17.5. The van der Waals surface area contributed by atoms with Crippen LogP contribution in [0.25, 0.3) is 0 Å². The van der Waals surface area contributed by atoms with E-state index < -0.39 is 0 Å². The lowest BCUT2D eigenvalue weighted by Crippen LogP contribution is -2.58. The van der Waals surface area contributed by atoms with Crippen molar-refractivity contribution in [1.82, 2.24) is 9.80 Å². The normalized spacial score (nSPS) is 21.9.